The van der Waals surface area contributed by atoms with Crippen LogP contribution in [-0.2, 0) is 6.54 Å². The molecule has 2 rings (SSSR count). The van der Waals surface area contributed by atoms with Gasteiger partial charge in [0.05, 0.1) is 6.54 Å². The van der Waals surface area contributed by atoms with Gasteiger partial charge in [-0.15, -0.1) is 11.3 Å². The van der Waals surface area contributed by atoms with Gasteiger partial charge in [-0.3, -0.25) is 0 Å². The summed E-state index contributed by atoms with van der Waals surface area (Å²) in [4.78, 5) is 5.45. The third-order valence-corrected chi connectivity index (χ3v) is 4.25. The Labute approximate surface area is 112 Å². The summed E-state index contributed by atoms with van der Waals surface area (Å²) in [6.07, 6.45) is 0. The molecule has 0 bridgehead atoms. The van der Waals surface area contributed by atoms with Crippen molar-refractivity contribution in [2.75, 3.05) is 5.32 Å². The van der Waals surface area contributed by atoms with Crippen molar-refractivity contribution >= 4 is 33.1 Å². The number of halogens is 1. The first-order valence-corrected chi connectivity index (χ1v) is 6.71. The van der Waals surface area contributed by atoms with E-state index in [2.05, 4.69) is 32.3 Å². The molecule has 5 heteroatoms. The summed E-state index contributed by atoms with van der Waals surface area (Å²) in [6.45, 7) is 2.59. The second kappa shape index (κ2) is 5.30. The first kappa shape index (κ1) is 12.1. The van der Waals surface area contributed by atoms with Crippen molar-refractivity contribution in [1.82, 2.24) is 4.98 Å². The second-order valence-electron chi connectivity index (χ2n) is 3.52. The third-order valence-electron chi connectivity index (χ3n) is 2.32. The van der Waals surface area contributed by atoms with E-state index in [1.54, 1.807) is 11.3 Å². The zero-order valence-corrected chi connectivity index (χ0v) is 11.6. The van der Waals surface area contributed by atoms with Gasteiger partial charge in [-0.1, -0.05) is 6.07 Å². The number of hydrogen-bond donors (Lipinski definition) is 1. The molecule has 0 aliphatic carbocycles. The first-order chi connectivity index (χ1) is 8.20. The number of hydrogen-bond acceptors (Lipinski definition) is 4. The van der Waals surface area contributed by atoms with Gasteiger partial charge in [0.15, 0.2) is 0 Å². The molecule has 0 unspecified atom stereocenters. The zero-order chi connectivity index (χ0) is 12.3. The number of anilines is 1. The molecule has 0 spiro atoms. The number of rotatable bonds is 3. The molecule has 0 aliphatic rings. The van der Waals surface area contributed by atoms with Crippen molar-refractivity contribution in [3.8, 4) is 6.07 Å². The molecule has 0 radical (unpaired) electrons. The fourth-order valence-electron chi connectivity index (χ4n) is 1.36. The number of nitriles is 1. The summed E-state index contributed by atoms with van der Waals surface area (Å²) < 4.78 is 1.10. The smallest absolute Gasteiger partial charge is 0.145 e. The fraction of sp³-hybridized carbons (Fsp3) is 0.167. The summed E-state index contributed by atoms with van der Waals surface area (Å²) in [7, 11) is 0. The van der Waals surface area contributed by atoms with Gasteiger partial charge in [0, 0.05) is 9.35 Å². The summed E-state index contributed by atoms with van der Waals surface area (Å²) in [5, 5.41) is 14.1. The predicted octanol–water partition coefficient (Wildman–Crippen LogP) is 3.70. The van der Waals surface area contributed by atoms with Crippen LogP contribution in [-0.4, -0.2) is 4.98 Å². The Morgan fingerprint density at radius 1 is 1.47 bits per heavy atom. The van der Waals surface area contributed by atoms with E-state index in [0.29, 0.717) is 12.2 Å². The lowest BCUT2D eigenvalue weighted by Gasteiger charge is -2.05. The highest BCUT2D eigenvalue weighted by atomic mass is 79.9. The molecule has 2 aromatic rings. The van der Waals surface area contributed by atoms with Crippen LogP contribution in [0.2, 0.25) is 0 Å². The van der Waals surface area contributed by atoms with E-state index in [1.165, 1.54) is 4.88 Å². The Balaban J connectivity index is 2.10. The molecule has 1 N–H and O–H groups in total. The topological polar surface area (TPSA) is 48.7 Å². The maximum atomic E-state index is 8.89. The van der Waals surface area contributed by atoms with Crippen LogP contribution in [0, 0.1) is 18.3 Å². The van der Waals surface area contributed by atoms with E-state index >= 15 is 0 Å². The van der Waals surface area contributed by atoms with E-state index in [4.69, 9.17) is 5.26 Å². The lowest BCUT2D eigenvalue weighted by Crippen LogP contribution is -2.01. The monoisotopic (exact) mass is 307 g/mol. The molecule has 3 nitrogen and oxygen atoms in total. The molecule has 0 saturated carbocycles. The van der Waals surface area contributed by atoms with Gasteiger partial charge in [-0.2, -0.15) is 5.26 Å². The second-order valence-corrected chi connectivity index (χ2v) is 5.37. The first-order valence-electron chi connectivity index (χ1n) is 5.04. The van der Waals surface area contributed by atoms with Gasteiger partial charge in [-0.05, 0) is 45.9 Å². The molecular weight excluding hydrogens is 298 g/mol. The number of thiophene rings is 1. The van der Waals surface area contributed by atoms with Gasteiger partial charge >= 0.3 is 0 Å². The lowest BCUT2D eigenvalue weighted by molar-refractivity contribution is 1.11. The Morgan fingerprint density at radius 2 is 2.29 bits per heavy atom. The van der Waals surface area contributed by atoms with Crippen LogP contribution < -0.4 is 5.32 Å². The summed E-state index contributed by atoms with van der Waals surface area (Å²) >= 11 is 5.16. The van der Waals surface area contributed by atoms with Crippen LogP contribution in [0.3, 0.4) is 0 Å². The van der Waals surface area contributed by atoms with E-state index < -0.39 is 0 Å². The third kappa shape index (κ3) is 2.84. The van der Waals surface area contributed by atoms with E-state index in [9.17, 15) is 0 Å². The highest BCUT2D eigenvalue weighted by molar-refractivity contribution is 9.10. The van der Waals surface area contributed by atoms with Gasteiger partial charge < -0.3 is 5.32 Å². The number of nitrogens with zero attached hydrogens (tertiary/aromatic N) is 2. The standard InChI is InChI=1S/C12H10BrN3S/c1-8-2-3-12(16-10(8)6-14)15-7-11-9(13)4-5-17-11/h2-5H,7H2,1H3,(H,15,16). The van der Waals surface area contributed by atoms with Gasteiger partial charge in [0.25, 0.3) is 0 Å². The Morgan fingerprint density at radius 3 is 2.94 bits per heavy atom. The average Bonchev–Trinajstić information content (AvgIpc) is 2.74. The fourth-order valence-corrected chi connectivity index (χ4v) is 2.79. The molecule has 0 aromatic carbocycles. The van der Waals surface area contributed by atoms with Crippen LogP contribution in [0.1, 0.15) is 16.1 Å². The quantitative estimate of drug-likeness (QED) is 0.940. The molecule has 0 saturated heterocycles. The number of pyridine rings is 1. The van der Waals surface area contributed by atoms with Crippen molar-refractivity contribution in [1.29, 1.82) is 5.26 Å². The van der Waals surface area contributed by atoms with Crippen molar-refractivity contribution in [3.63, 3.8) is 0 Å². The summed E-state index contributed by atoms with van der Waals surface area (Å²) in [5.41, 5.74) is 1.37. The van der Waals surface area contributed by atoms with Crippen LogP contribution in [0.4, 0.5) is 5.82 Å². The summed E-state index contributed by atoms with van der Waals surface area (Å²) in [6, 6.07) is 7.89. The van der Waals surface area contributed by atoms with Crippen LogP contribution in [0.25, 0.3) is 0 Å². The SMILES string of the molecule is Cc1ccc(NCc2sccc2Br)nc1C#N. The molecule has 0 amide bonds. The van der Waals surface area contributed by atoms with Crippen molar-refractivity contribution in [2.45, 2.75) is 13.5 Å². The van der Waals surface area contributed by atoms with Crippen molar-refractivity contribution in [2.24, 2.45) is 0 Å². The number of nitrogens with one attached hydrogen (secondary N) is 1. The zero-order valence-electron chi connectivity index (χ0n) is 9.20. The Hall–Kier alpha value is -1.38. The average molecular weight is 308 g/mol. The van der Waals surface area contributed by atoms with Gasteiger partial charge in [-0.25, -0.2) is 4.98 Å². The minimum Gasteiger partial charge on any atom is -0.365 e. The van der Waals surface area contributed by atoms with E-state index in [1.807, 2.05) is 30.5 Å². The minimum atomic E-state index is 0.472. The number of aryl methyl sites for hydroxylation is 1. The molecule has 0 fully saturated rings. The minimum absolute atomic E-state index is 0.472. The van der Waals surface area contributed by atoms with Crippen molar-refractivity contribution in [3.05, 3.63) is 44.2 Å². The molecule has 0 aliphatic heterocycles. The maximum Gasteiger partial charge on any atom is 0.145 e. The van der Waals surface area contributed by atoms with Gasteiger partial charge in [0.1, 0.15) is 17.6 Å². The highest BCUT2D eigenvalue weighted by Gasteiger charge is 2.03. The predicted molar refractivity (Wildman–Crippen MR) is 73.0 cm³/mol. The highest BCUT2D eigenvalue weighted by Crippen LogP contribution is 2.23. The van der Waals surface area contributed by atoms with Crippen molar-refractivity contribution < 1.29 is 0 Å². The molecule has 2 aromatic heterocycles. The van der Waals surface area contributed by atoms with Crippen LogP contribution in [0.5, 0.6) is 0 Å². The Kier molecular flexibility index (Phi) is 3.77. The normalized spacial score (nSPS) is 9.94. The molecule has 17 heavy (non-hydrogen) atoms. The lowest BCUT2D eigenvalue weighted by atomic mass is 10.2. The largest absolute Gasteiger partial charge is 0.365 e. The van der Waals surface area contributed by atoms with Gasteiger partial charge in [0.2, 0.25) is 0 Å². The molecule has 2 heterocycles. The van der Waals surface area contributed by atoms with Crippen LogP contribution in [0.15, 0.2) is 28.1 Å². The van der Waals surface area contributed by atoms with E-state index in [0.717, 1.165) is 15.9 Å². The van der Waals surface area contributed by atoms with Crippen LogP contribution >= 0.6 is 27.3 Å². The molecular formula is C12H10BrN3S. The molecule has 86 valence electrons. The molecule has 0 atom stereocenters. The number of aromatic nitrogens is 1. The van der Waals surface area contributed by atoms with E-state index in [-0.39, 0.29) is 0 Å². The summed E-state index contributed by atoms with van der Waals surface area (Å²) in [5.74, 6) is 0.729. The maximum absolute atomic E-state index is 8.89. The Bertz CT molecular complexity index is 571.